The van der Waals surface area contributed by atoms with E-state index in [0.717, 1.165) is 22.6 Å². The molecule has 6 rings (SSSR count). The molecule has 0 aliphatic carbocycles. The van der Waals surface area contributed by atoms with Gasteiger partial charge in [0.25, 0.3) is 5.91 Å². The fraction of sp³-hybridized carbons (Fsp3) is 0.222. The third kappa shape index (κ3) is 3.06. The number of fused-ring (bicyclic) bond motifs is 3. The molecule has 2 atom stereocenters. The topological polar surface area (TPSA) is 68.2 Å². The molecule has 176 valence electrons. The number of likely N-dealkylation sites (tertiary alicyclic amines) is 1. The molecule has 0 aromatic heterocycles. The number of benzene rings is 3. The number of hydrogen-bond donors (Lipinski definition) is 1. The molecule has 7 nitrogen and oxygen atoms in total. The third-order valence-corrected chi connectivity index (χ3v) is 8.54. The van der Waals surface area contributed by atoms with Crippen LogP contribution in [-0.4, -0.2) is 58.8 Å². The molecule has 3 aliphatic heterocycles. The zero-order valence-corrected chi connectivity index (χ0v) is 20.3. The van der Waals surface area contributed by atoms with Crippen LogP contribution in [0.3, 0.4) is 0 Å². The van der Waals surface area contributed by atoms with Gasteiger partial charge in [-0.2, -0.15) is 5.01 Å². The van der Waals surface area contributed by atoms with Crippen LogP contribution in [0.1, 0.15) is 5.56 Å². The Kier molecular flexibility index (Phi) is 4.98. The van der Waals surface area contributed by atoms with Crippen molar-refractivity contribution in [1.29, 1.82) is 0 Å². The lowest BCUT2D eigenvalue weighted by atomic mass is 9.72. The Morgan fingerprint density at radius 2 is 1.49 bits per heavy atom. The first kappa shape index (κ1) is 21.9. The zero-order chi connectivity index (χ0) is 24.2. The fourth-order valence-electron chi connectivity index (χ4n) is 5.59. The van der Waals surface area contributed by atoms with E-state index in [1.807, 2.05) is 92.0 Å². The Hall–Kier alpha value is -3.62. The maximum absolute atomic E-state index is 14.5. The first-order valence-corrected chi connectivity index (χ1v) is 12.3. The summed E-state index contributed by atoms with van der Waals surface area (Å²) in [6.45, 7) is 0.898. The molecule has 0 saturated carbocycles. The minimum Gasteiger partial charge on any atom is -0.314 e. The standard InChI is InChI=1S/C27H25N5O2S/c1-30-17-26(21-15-9-10-16-22(21)31(2)23(26)33)27(18-30)24(34)32(29-20-13-7-4-8-14-20)25(35-27)28-19-11-5-3-6-12-19/h3-16,29H,17-18H2,1-2H3. The summed E-state index contributed by atoms with van der Waals surface area (Å²) >= 11 is 1.39. The normalized spacial score (nSPS) is 27.0. The maximum Gasteiger partial charge on any atom is 0.267 e. The van der Waals surface area contributed by atoms with E-state index in [1.54, 1.807) is 11.9 Å². The monoisotopic (exact) mass is 483 g/mol. The van der Waals surface area contributed by atoms with Crippen molar-refractivity contribution in [2.24, 2.45) is 4.99 Å². The number of carbonyl (C=O) groups is 2. The minimum atomic E-state index is -1.06. The second kappa shape index (κ2) is 7.96. The van der Waals surface area contributed by atoms with Crippen LogP contribution in [0.25, 0.3) is 0 Å². The molecule has 2 amide bonds. The average Bonchev–Trinajstić information content (AvgIpc) is 3.40. The first-order valence-electron chi connectivity index (χ1n) is 11.5. The SMILES string of the molecule is CN1CC2(SC(=Nc3ccccc3)N(Nc3ccccc3)C2=O)C2(C1)C(=O)N(C)c1ccccc12. The van der Waals surface area contributed by atoms with Gasteiger partial charge in [0.05, 0.1) is 11.4 Å². The van der Waals surface area contributed by atoms with Crippen molar-refractivity contribution in [2.75, 3.05) is 37.5 Å². The summed E-state index contributed by atoms with van der Waals surface area (Å²) < 4.78 is -1.06. The molecule has 0 bridgehead atoms. The van der Waals surface area contributed by atoms with E-state index in [-0.39, 0.29) is 11.8 Å². The van der Waals surface area contributed by atoms with Crippen molar-refractivity contribution < 1.29 is 9.59 Å². The van der Waals surface area contributed by atoms with Crippen LogP contribution in [-0.2, 0) is 15.0 Å². The number of thioether (sulfide) groups is 1. The zero-order valence-electron chi connectivity index (χ0n) is 19.5. The Labute approximate surface area is 208 Å². The van der Waals surface area contributed by atoms with E-state index in [9.17, 15) is 9.59 Å². The van der Waals surface area contributed by atoms with Crippen LogP contribution < -0.4 is 10.3 Å². The Balaban J connectivity index is 1.53. The molecular formula is C27H25N5O2S. The Bertz CT molecular complexity index is 1350. The molecule has 2 saturated heterocycles. The van der Waals surface area contributed by atoms with Gasteiger partial charge in [0.1, 0.15) is 10.2 Å². The highest BCUT2D eigenvalue weighted by atomic mass is 32.2. The third-order valence-electron chi connectivity index (χ3n) is 7.08. The molecule has 1 N–H and O–H groups in total. The van der Waals surface area contributed by atoms with Crippen molar-refractivity contribution in [2.45, 2.75) is 10.2 Å². The summed E-state index contributed by atoms with van der Waals surface area (Å²) in [4.78, 5) is 37.1. The summed E-state index contributed by atoms with van der Waals surface area (Å²) in [5.74, 6) is -0.214. The van der Waals surface area contributed by atoms with Crippen molar-refractivity contribution in [1.82, 2.24) is 9.91 Å². The number of amides is 2. The summed E-state index contributed by atoms with van der Waals surface area (Å²) in [5, 5.41) is 2.06. The van der Waals surface area contributed by atoms with Gasteiger partial charge in [0.2, 0.25) is 5.91 Å². The van der Waals surface area contributed by atoms with Crippen LogP contribution in [0.4, 0.5) is 17.1 Å². The van der Waals surface area contributed by atoms with E-state index < -0.39 is 10.2 Å². The van der Waals surface area contributed by atoms with Gasteiger partial charge < -0.3 is 9.80 Å². The molecular weight excluding hydrogens is 458 g/mol. The molecule has 2 spiro atoms. The fourth-order valence-corrected chi connectivity index (χ4v) is 7.18. The number of hydrogen-bond acceptors (Lipinski definition) is 6. The van der Waals surface area contributed by atoms with E-state index in [2.05, 4.69) is 10.3 Å². The van der Waals surface area contributed by atoms with Crippen LogP contribution in [0, 0.1) is 0 Å². The molecule has 2 unspecified atom stereocenters. The average molecular weight is 484 g/mol. The Morgan fingerprint density at radius 3 is 2.23 bits per heavy atom. The van der Waals surface area contributed by atoms with E-state index >= 15 is 0 Å². The first-order chi connectivity index (χ1) is 17.0. The van der Waals surface area contributed by atoms with E-state index in [4.69, 9.17) is 4.99 Å². The molecule has 8 heteroatoms. The highest BCUT2D eigenvalue weighted by molar-refractivity contribution is 8.16. The van der Waals surface area contributed by atoms with Crippen molar-refractivity contribution >= 4 is 45.8 Å². The number of nitrogens with one attached hydrogen (secondary N) is 1. The van der Waals surface area contributed by atoms with Gasteiger partial charge in [-0.3, -0.25) is 15.0 Å². The van der Waals surface area contributed by atoms with Crippen LogP contribution >= 0.6 is 11.8 Å². The number of rotatable bonds is 3. The maximum atomic E-state index is 14.5. The number of para-hydroxylation sites is 3. The molecule has 2 fully saturated rings. The number of carbonyl (C=O) groups excluding carboxylic acids is 2. The number of aliphatic imine (C=N–C) groups is 1. The number of nitrogens with zero attached hydrogens (tertiary/aromatic N) is 4. The van der Waals surface area contributed by atoms with Crippen LogP contribution in [0.15, 0.2) is 89.9 Å². The lowest BCUT2D eigenvalue weighted by Crippen LogP contribution is -2.59. The van der Waals surface area contributed by atoms with Gasteiger partial charge in [0.15, 0.2) is 5.17 Å². The van der Waals surface area contributed by atoms with Crippen LogP contribution in [0.2, 0.25) is 0 Å². The smallest absolute Gasteiger partial charge is 0.267 e. The molecule has 0 radical (unpaired) electrons. The largest absolute Gasteiger partial charge is 0.314 e. The lowest BCUT2D eigenvalue weighted by molar-refractivity contribution is -0.133. The lowest BCUT2D eigenvalue weighted by Gasteiger charge is -2.35. The summed E-state index contributed by atoms with van der Waals surface area (Å²) in [5.41, 5.74) is 5.54. The van der Waals surface area contributed by atoms with Gasteiger partial charge in [-0.15, -0.1) is 0 Å². The van der Waals surface area contributed by atoms with Gasteiger partial charge in [-0.05, 0) is 42.9 Å². The highest BCUT2D eigenvalue weighted by Crippen LogP contribution is 2.60. The predicted molar refractivity (Wildman–Crippen MR) is 140 cm³/mol. The van der Waals surface area contributed by atoms with E-state index in [0.29, 0.717) is 18.3 Å². The van der Waals surface area contributed by atoms with Gasteiger partial charge in [0, 0.05) is 25.8 Å². The minimum absolute atomic E-state index is 0.0514. The van der Waals surface area contributed by atoms with Crippen molar-refractivity contribution in [3.63, 3.8) is 0 Å². The summed E-state index contributed by atoms with van der Waals surface area (Å²) in [6, 6.07) is 27.0. The Morgan fingerprint density at radius 1 is 0.829 bits per heavy atom. The number of hydrazine groups is 1. The van der Waals surface area contributed by atoms with Gasteiger partial charge in [-0.25, -0.2) is 4.99 Å². The number of likely N-dealkylation sites (N-methyl/N-ethyl adjacent to an activating group) is 2. The predicted octanol–water partition coefficient (Wildman–Crippen LogP) is 3.88. The summed E-state index contributed by atoms with van der Waals surface area (Å²) in [7, 11) is 3.77. The summed E-state index contributed by atoms with van der Waals surface area (Å²) in [6.07, 6.45) is 0. The highest BCUT2D eigenvalue weighted by Gasteiger charge is 2.74. The number of amidine groups is 1. The second-order valence-electron chi connectivity index (χ2n) is 9.24. The second-order valence-corrected chi connectivity index (χ2v) is 10.5. The molecule has 3 aromatic rings. The van der Waals surface area contributed by atoms with Gasteiger partial charge in [-0.1, -0.05) is 66.4 Å². The quantitative estimate of drug-likeness (QED) is 0.613. The van der Waals surface area contributed by atoms with Gasteiger partial charge >= 0.3 is 0 Å². The molecule has 3 aromatic carbocycles. The van der Waals surface area contributed by atoms with Crippen molar-refractivity contribution in [3.8, 4) is 0 Å². The van der Waals surface area contributed by atoms with E-state index in [1.165, 1.54) is 16.8 Å². The molecule has 3 heterocycles. The number of anilines is 2. The van der Waals surface area contributed by atoms with Crippen molar-refractivity contribution in [3.05, 3.63) is 90.5 Å². The molecule has 3 aliphatic rings. The molecule has 35 heavy (non-hydrogen) atoms. The van der Waals surface area contributed by atoms with Crippen LogP contribution in [0.5, 0.6) is 0 Å².